The van der Waals surface area contributed by atoms with Crippen molar-refractivity contribution in [2.45, 2.75) is 457 Å². The standard InChI is InChI=1S/C82H160O17P2/c1-6-9-12-15-18-21-24-27-29-31-33-35-37-39-41-44-46-49-55-60-65-79(84)92-71-77(98-82(87)68-63-58-51-48-45-42-40-38-36-34-32-30-28-25-22-19-16-13-10-7-2)73-96-100(88,89)94-69-76(83)70-95-101(90,91)97-74-78(72-93-80(85)66-61-56-53-52-54-59-64-75(4)5)99-81(86)67-62-57-50-47-43-26-23-20-17-14-11-8-3/h75-78,83H,6-74H2,1-5H3,(H,88,89)(H,90,91)/t76-,77-,78-/m1/s1. The Hall–Kier alpha value is -1.94. The number of ether oxygens (including phenoxy) is 4. The predicted octanol–water partition coefficient (Wildman–Crippen LogP) is 24.8. The number of carbonyl (C=O) groups is 4. The van der Waals surface area contributed by atoms with Crippen molar-refractivity contribution in [2.24, 2.45) is 5.92 Å². The normalized spacial score (nSPS) is 13.8. The first-order valence-corrected chi connectivity index (χ1v) is 45.6. The molecule has 0 aromatic heterocycles. The van der Waals surface area contributed by atoms with E-state index < -0.39 is 97.5 Å². The van der Waals surface area contributed by atoms with Crippen LogP contribution < -0.4 is 0 Å². The van der Waals surface area contributed by atoms with E-state index in [1.165, 1.54) is 257 Å². The van der Waals surface area contributed by atoms with Gasteiger partial charge < -0.3 is 33.8 Å². The molecule has 0 aliphatic rings. The summed E-state index contributed by atoms with van der Waals surface area (Å²) in [5, 5.41) is 10.6. The smallest absolute Gasteiger partial charge is 0.462 e. The lowest BCUT2D eigenvalue weighted by atomic mass is 10.0. The Morgan fingerprint density at radius 1 is 0.267 bits per heavy atom. The molecule has 0 aromatic carbocycles. The van der Waals surface area contributed by atoms with Gasteiger partial charge in [0.25, 0.3) is 0 Å². The second-order valence-corrected chi connectivity index (χ2v) is 32.9. The lowest BCUT2D eigenvalue weighted by molar-refractivity contribution is -0.161. The number of esters is 4. The number of hydrogen-bond donors (Lipinski definition) is 3. The lowest BCUT2D eigenvalue weighted by Gasteiger charge is -2.21. The molecule has 5 atom stereocenters. The summed E-state index contributed by atoms with van der Waals surface area (Å²) in [7, 11) is -9.92. The molecule has 0 aromatic rings. The molecule has 0 amide bonds. The van der Waals surface area contributed by atoms with E-state index in [4.69, 9.17) is 37.0 Å². The minimum absolute atomic E-state index is 0.107. The molecule has 0 saturated heterocycles. The number of unbranched alkanes of at least 4 members (excludes halogenated alkanes) is 54. The maximum absolute atomic E-state index is 13.1. The van der Waals surface area contributed by atoms with Crippen molar-refractivity contribution >= 4 is 39.5 Å². The van der Waals surface area contributed by atoms with Crippen LogP contribution in [-0.2, 0) is 65.4 Å². The quantitative estimate of drug-likeness (QED) is 0.0222. The average molecular weight is 1480 g/mol. The average Bonchev–Trinajstić information content (AvgIpc) is 0.939. The van der Waals surface area contributed by atoms with Crippen LogP contribution in [0.4, 0.5) is 0 Å². The Morgan fingerprint density at radius 2 is 0.455 bits per heavy atom. The van der Waals surface area contributed by atoms with E-state index in [9.17, 15) is 43.2 Å². The van der Waals surface area contributed by atoms with Crippen molar-refractivity contribution in [3.05, 3.63) is 0 Å². The molecule has 2 unspecified atom stereocenters. The molecule has 19 heteroatoms. The first-order valence-electron chi connectivity index (χ1n) is 42.6. The third-order valence-electron chi connectivity index (χ3n) is 19.3. The Bertz CT molecular complexity index is 1930. The summed E-state index contributed by atoms with van der Waals surface area (Å²) < 4.78 is 68.7. The van der Waals surface area contributed by atoms with Crippen LogP contribution in [0.5, 0.6) is 0 Å². The fraction of sp³-hybridized carbons (Fsp3) is 0.951. The minimum Gasteiger partial charge on any atom is -0.462 e. The number of hydrogen-bond acceptors (Lipinski definition) is 15. The van der Waals surface area contributed by atoms with E-state index >= 15 is 0 Å². The van der Waals surface area contributed by atoms with Gasteiger partial charge in [-0.05, 0) is 31.6 Å². The maximum Gasteiger partial charge on any atom is 0.472 e. The van der Waals surface area contributed by atoms with Crippen LogP contribution in [0.1, 0.15) is 439 Å². The molecule has 600 valence electrons. The van der Waals surface area contributed by atoms with E-state index in [1.54, 1.807) is 0 Å². The van der Waals surface area contributed by atoms with Gasteiger partial charge in [0, 0.05) is 25.7 Å². The largest absolute Gasteiger partial charge is 0.472 e. The van der Waals surface area contributed by atoms with Gasteiger partial charge in [-0.25, -0.2) is 9.13 Å². The number of aliphatic hydroxyl groups excluding tert-OH is 1. The number of carbonyl (C=O) groups excluding carboxylic acids is 4. The number of aliphatic hydroxyl groups is 1. The molecular weight excluding hydrogens is 1320 g/mol. The monoisotopic (exact) mass is 1480 g/mol. The van der Waals surface area contributed by atoms with E-state index in [0.717, 1.165) is 96.3 Å². The van der Waals surface area contributed by atoms with Crippen molar-refractivity contribution in [3.63, 3.8) is 0 Å². The maximum atomic E-state index is 13.1. The first-order chi connectivity index (χ1) is 49.0. The Morgan fingerprint density at radius 3 is 0.673 bits per heavy atom. The van der Waals surface area contributed by atoms with E-state index in [0.29, 0.717) is 31.6 Å². The van der Waals surface area contributed by atoms with Gasteiger partial charge in [-0.2, -0.15) is 0 Å². The minimum atomic E-state index is -4.96. The third kappa shape index (κ3) is 76.1. The van der Waals surface area contributed by atoms with Gasteiger partial charge in [-0.1, -0.05) is 388 Å². The predicted molar refractivity (Wildman–Crippen MR) is 414 cm³/mol. The molecule has 0 saturated carbocycles. The molecule has 0 fully saturated rings. The van der Waals surface area contributed by atoms with Gasteiger partial charge >= 0.3 is 39.5 Å². The topological polar surface area (TPSA) is 237 Å². The van der Waals surface area contributed by atoms with Crippen molar-refractivity contribution in [1.29, 1.82) is 0 Å². The zero-order chi connectivity index (χ0) is 74.1. The molecule has 0 spiro atoms. The molecule has 0 radical (unpaired) electrons. The number of phosphoric ester groups is 2. The number of rotatable bonds is 82. The second-order valence-electron chi connectivity index (χ2n) is 30.0. The van der Waals surface area contributed by atoms with E-state index in [-0.39, 0.29) is 25.7 Å². The van der Waals surface area contributed by atoms with Crippen LogP contribution in [0.15, 0.2) is 0 Å². The highest BCUT2D eigenvalue weighted by Crippen LogP contribution is 2.45. The zero-order valence-corrected chi connectivity index (χ0v) is 67.8. The van der Waals surface area contributed by atoms with Crippen LogP contribution >= 0.6 is 15.6 Å². The third-order valence-corrected chi connectivity index (χ3v) is 21.2. The summed E-state index contributed by atoms with van der Waals surface area (Å²) in [5.74, 6) is -1.43. The second kappa shape index (κ2) is 74.9. The highest BCUT2D eigenvalue weighted by molar-refractivity contribution is 7.47. The molecule has 0 aliphatic heterocycles. The molecule has 0 rings (SSSR count). The molecule has 0 bridgehead atoms. The SMILES string of the molecule is CCCCCCCCCCCCCCCCCCCCCCC(=O)OC[C@H](COP(=O)(O)OC[C@@H](O)COP(=O)(O)OC[C@@H](COC(=O)CCCCCCCCC(C)C)OC(=O)CCCCCCCCCCCCCC)OC(=O)CCCCCCCCCCCCCCCCCCCCCC. The number of phosphoric acid groups is 2. The molecule has 0 aliphatic carbocycles. The summed E-state index contributed by atoms with van der Waals surface area (Å²) >= 11 is 0. The highest BCUT2D eigenvalue weighted by Gasteiger charge is 2.30. The van der Waals surface area contributed by atoms with Crippen LogP contribution in [0.2, 0.25) is 0 Å². The van der Waals surface area contributed by atoms with E-state index in [1.807, 2.05) is 0 Å². The summed E-state index contributed by atoms with van der Waals surface area (Å²) in [6.45, 7) is 7.25. The summed E-state index contributed by atoms with van der Waals surface area (Å²) in [6, 6.07) is 0. The highest BCUT2D eigenvalue weighted by atomic mass is 31.2. The van der Waals surface area contributed by atoms with Gasteiger partial charge in [-0.15, -0.1) is 0 Å². The Balaban J connectivity index is 5.19. The van der Waals surface area contributed by atoms with Gasteiger partial charge in [0.2, 0.25) is 0 Å². The van der Waals surface area contributed by atoms with Crippen molar-refractivity contribution < 1.29 is 80.2 Å². The summed E-state index contributed by atoms with van der Waals surface area (Å²) in [6.07, 6.45) is 66.9. The van der Waals surface area contributed by atoms with Crippen LogP contribution in [0, 0.1) is 5.92 Å². The van der Waals surface area contributed by atoms with Gasteiger partial charge in [0.15, 0.2) is 12.2 Å². The van der Waals surface area contributed by atoms with Gasteiger partial charge in [0.1, 0.15) is 19.3 Å². The van der Waals surface area contributed by atoms with Crippen molar-refractivity contribution in [2.75, 3.05) is 39.6 Å². The molecule has 3 N–H and O–H groups in total. The van der Waals surface area contributed by atoms with Gasteiger partial charge in [0.05, 0.1) is 26.4 Å². The molecule has 0 heterocycles. The molecule has 101 heavy (non-hydrogen) atoms. The first kappa shape index (κ1) is 99.1. The van der Waals surface area contributed by atoms with Crippen LogP contribution in [-0.4, -0.2) is 96.7 Å². The van der Waals surface area contributed by atoms with Crippen LogP contribution in [0.3, 0.4) is 0 Å². The molecule has 17 nitrogen and oxygen atoms in total. The summed E-state index contributed by atoms with van der Waals surface area (Å²) in [5.41, 5.74) is 0. The van der Waals surface area contributed by atoms with E-state index in [2.05, 4.69) is 34.6 Å². The van der Waals surface area contributed by atoms with Crippen molar-refractivity contribution in [3.8, 4) is 0 Å². The zero-order valence-electron chi connectivity index (χ0n) is 66.1. The fourth-order valence-electron chi connectivity index (χ4n) is 12.8. The summed E-state index contributed by atoms with van der Waals surface area (Å²) in [4.78, 5) is 73.0. The van der Waals surface area contributed by atoms with Gasteiger partial charge in [-0.3, -0.25) is 37.3 Å². The molecular formula is C82H160O17P2. The van der Waals surface area contributed by atoms with Crippen LogP contribution in [0.25, 0.3) is 0 Å². The Labute approximate surface area is 619 Å². The van der Waals surface area contributed by atoms with Crippen molar-refractivity contribution in [1.82, 2.24) is 0 Å². The Kier molecular flexibility index (Phi) is 73.5. The lowest BCUT2D eigenvalue weighted by Crippen LogP contribution is -2.30. The fourth-order valence-corrected chi connectivity index (χ4v) is 14.3.